The summed E-state index contributed by atoms with van der Waals surface area (Å²) in [6.45, 7) is 10.3. The lowest BCUT2D eigenvalue weighted by Crippen LogP contribution is -2.41. The Morgan fingerprint density at radius 2 is 1.86 bits per heavy atom. The highest BCUT2D eigenvalue weighted by atomic mass is 16.7. The summed E-state index contributed by atoms with van der Waals surface area (Å²) in [5, 5.41) is 2.79. The number of hydrogen-bond acceptors (Lipinski definition) is 5. The second-order valence-corrected chi connectivity index (χ2v) is 8.14. The number of nitrogens with zero attached hydrogens (tertiary/aromatic N) is 1. The number of aromatic amines is 1. The quantitative estimate of drug-likeness (QED) is 0.727. The third kappa shape index (κ3) is 5.08. The van der Waals surface area contributed by atoms with Gasteiger partial charge in [0.15, 0.2) is 0 Å². The predicted molar refractivity (Wildman–Crippen MR) is 112 cm³/mol. The van der Waals surface area contributed by atoms with Gasteiger partial charge in [-0.15, -0.1) is 0 Å². The Morgan fingerprint density at radius 3 is 2.45 bits per heavy atom. The molecule has 1 saturated heterocycles. The normalized spacial score (nSPS) is 18.0. The molecule has 0 atom stereocenters. The van der Waals surface area contributed by atoms with Gasteiger partial charge in [0.2, 0.25) is 0 Å². The monoisotopic (exact) mass is 397 g/mol. The zero-order chi connectivity index (χ0) is 21.1. The molecule has 29 heavy (non-hydrogen) atoms. The molecule has 0 saturated carbocycles. The van der Waals surface area contributed by atoms with E-state index >= 15 is 0 Å². The number of carbonyl (C=O) groups is 1. The number of nitrogens with one attached hydrogen (secondary N) is 2. The van der Waals surface area contributed by atoms with Crippen molar-refractivity contribution >= 4 is 19.3 Å². The maximum Gasteiger partial charge on any atom is 0.492 e. The number of amides is 1. The first-order chi connectivity index (χ1) is 13.7. The van der Waals surface area contributed by atoms with Gasteiger partial charge in [0.05, 0.1) is 23.2 Å². The van der Waals surface area contributed by atoms with Gasteiger partial charge in [0.25, 0.3) is 0 Å². The van der Waals surface area contributed by atoms with E-state index in [1.54, 1.807) is 6.33 Å². The van der Waals surface area contributed by atoms with Crippen LogP contribution in [0.3, 0.4) is 0 Å². The summed E-state index contributed by atoms with van der Waals surface area (Å²) in [5.41, 5.74) is 2.42. The van der Waals surface area contributed by atoms with Crippen LogP contribution in [-0.2, 0) is 20.7 Å². The van der Waals surface area contributed by atoms with Gasteiger partial charge in [-0.05, 0) is 51.7 Å². The van der Waals surface area contributed by atoms with Crippen LogP contribution in [0.4, 0.5) is 4.79 Å². The van der Waals surface area contributed by atoms with Crippen LogP contribution in [0.15, 0.2) is 42.1 Å². The van der Waals surface area contributed by atoms with Crippen LogP contribution in [0.5, 0.6) is 0 Å². The third-order valence-electron chi connectivity index (χ3n) is 5.40. The summed E-state index contributed by atoms with van der Waals surface area (Å²) in [5.74, 6) is 0. The average Bonchev–Trinajstić information content (AvgIpc) is 3.16. The van der Waals surface area contributed by atoms with Crippen LogP contribution in [0.1, 0.15) is 44.6 Å². The maximum atomic E-state index is 12.2. The van der Waals surface area contributed by atoms with Crippen molar-refractivity contribution < 1.29 is 18.8 Å². The minimum atomic E-state index is -0.592. The van der Waals surface area contributed by atoms with Gasteiger partial charge in [0, 0.05) is 12.2 Å². The van der Waals surface area contributed by atoms with E-state index in [1.807, 2.05) is 71.0 Å². The zero-order valence-electron chi connectivity index (χ0n) is 17.6. The molecule has 2 aromatic rings. The topological polar surface area (TPSA) is 85.5 Å². The Kier molecular flexibility index (Phi) is 6.14. The summed E-state index contributed by atoms with van der Waals surface area (Å²) in [6.07, 6.45) is 3.01. The fourth-order valence-corrected chi connectivity index (χ4v) is 2.84. The molecule has 1 aliphatic heterocycles. The molecule has 2 heterocycles. The molecule has 1 aromatic carbocycles. The predicted octanol–water partition coefficient (Wildman–Crippen LogP) is 3.66. The first-order valence-electron chi connectivity index (χ1n) is 9.68. The van der Waals surface area contributed by atoms with Crippen molar-refractivity contribution in [1.29, 1.82) is 0 Å². The number of carbonyl (C=O) groups excluding carboxylic acids is 1. The van der Waals surface area contributed by atoms with Crippen molar-refractivity contribution in [2.24, 2.45) is 0 Å². The molecular formula is C21H28BN3O4. The minimum absolute atomic E-state index is 0.209. The Bertz CT molecular complexity index is 861. The molecule has 0 unspecified atom stereocenters. The van der Waals surface area contributed by atoms with Crippen LogP contribution < -0.4 is 5.32 Å². The zero-order valence-corrected chi connectivity index (χ0v) is 17.6. The highest BCUT2D eigenvalue weighted by molar-refractivity contribution is 6.56. The molecule has 3 rings (SSSR count). The van der Waals surface area contributed by atoms with Crippen molar-refractivity contribution in [3.8, 4) is 0 Å². The highest BCUT2D eigenvalue weighted by Gasteiger charge is 2.52. The van der Waals surface area contributed by atoms with Crippen LogP contribution in [0.2, 0.25) is 0 Å². The van der Waals surface area contributed by atoms with Gasteiger partial charge in [-0.25, -0.2) is 9.78 Å². The summed E-state index contributed by atoms with van der Waals surface area (Å²) in [6, 6.07) is 9.54. The van der Waals surface area contributed by atoms with Gasteiger partial charge in [-0.3, -0.25) is 0 Å². The van der Waals surface area contributed by atoms with Gasteiger partial charge >= 0.3 is 13.2 Å². The van der Waals surface area contributed by atoms with E-state index in [-0.39, 0.29) is 13.2 Å². The number of alkyl carbamates (subject to hydrolysis) is 1. The first kappa shape index (κ1) is 21.1. The second kappa shape index (κ2) is 8.43. The van der Waals surface area contributed by atoms with E-state index in [4.69, 9.17) is 14.0 Å². The van der Waals surface area contributed by atoms with Crippen molar-refractivity contribution in [2.45, 2.75) is 52.4 Å². The number of aryl methyl sites for hydroxylation is 1. The first-order valence-corrected chi connectivity index (χ1v) is 9.68. The Labute approximate surface area is 172 Å². The lowest BCUT2D eigenvalue weighted by molar-refractivity contribution is 0.00578. The Morgan fingerprint density at radius 1 is 1.21 bits per heavy atom. The fourth-order valence-electron chi connectivity index (χ4n) is 2.84. The van der Waals surface area contributed by atoms with Crippen molar-refractivity contribution in [3.05, 3.63) is 59.1 Å². The number of aromatic nitrogens is 2. The Hall–Kier alpha value is -2.58. The van der Waals surface area contributed by atoms with Gasteiger partial charge in [-0.1, -0.05) is 30.3 Å². The third-order valence-corrected chi connectivity index (χ3v) is 5.40. The second-order valence-electron chi connectivity index (χ2n) is 8.14. The van der Waals surface area contributed by atoms with Gasteiger partial charge in [-0.2, -0.15) is 0 Å². The smallest absolute Gasteiger partial charge is 0.445 e. The summed E-state index contributed by atoms with van der Waals surface area (Å²) in [4.78, 5) is 19.6. The molecule has 7 nitrogen and oxygen atoms in total. The SMILES string of the molecule is Cc1[nH]cnc1C=C(CNC(=O)OCc1ccccc1)B1OC(C)(C)C(C)(C)O1. The molecule has 0 spiro atoms. The van der Waals surface area contributed by atoms with E-state index in [1.165, 1.54) is 0 Å². The van der Waals surface area contributed by atoms with E-state index in [9.17, 15) is 4.79 Å². The number of ether oxygens (including phenoxy) is 1. The van der Waals surface area contributed by atoms with Crippen LogP contribution >= 0.6 is 0 Å². The van der Waals surface area contributed by atoms with Crippen molar-refractivity contribution in [3.63, 3.8) is 0 Å². The molecule has 1 amide bonds. The van der Waals surface area contributed by atoms with E-state index < -0.39 is 24.4 Å². The molecule has 1 aromatic heterocycles. The molecule has 8 heteroatoms. The van der Waals surface area contributed by atoms with Crippen molar-refractivity contribution in [1.82, 2.24) is 15.3 Å². The summed E-state index contributed by atoms with van der Waals surface area (Å²) >= 11 is 0. The van der Waals surface area contributed by atoms with Gasteiger partial charge < -0.3 is 24.3 Å². The lowest BCUT2D eigenvalue weighted by Gasteiger charge is -2.32. The van der Waals surface area contributed by atoms with E-state index in [0.717, 1.165) is 22.4 Å². The molecule has 2 N–H and O–H groups in total. The fraction of sp³-hybridized carbons (Fsp3) is 0.429. The standard InChI is InChI=1S/C21H28BN3O4/c1-15-18(25-14-24-15)11-17(22-28-20(2,3)21(4,5)29-22)12-23-19(26)27-13-16-9-7-6-8-10-16/h6-11,14H,12-13H2,1-5H3,(H,23,26)(H,24,25). The van der Waals surface area contributed by atoms with E-state index in [2.05, 4.69) is 15.3 Å². The summed E-state index contributed by atoms with van der Waals surface area (Å²) in [7, 11) is -0.592. The number of H-pyrrole nitrogens is 1. The van der Waals surface area contributed by atoms with Crippen LogP contribution in [-0.4, -0.2) is 40.9 Å². The Balaban J connectivity index is 1.68. The van der Waals surface area contributed by atoms with E-state index in [0.29, 0.717) is 0 Å². The number of hydrogen-bond donors (Lipinski definition) is 2. The minimum Gasteiger partial charge on any atom is -0.445 e. The lowest BCUT2D eigenvalue weighted by atomic mass is 9.77. The van der Waals surface area contributed by atoms with Gasteiger partial charge in [0.1, 0.15) is 6.61 Å². The number of imidazole rings is 1. The largest absolute Gasteiger partial charge is 0.492 e. The summed E-state index contributed by atoms with van der Waals surface area (Å²) < 4.78 is 17.6. The highest BCUT2D eigenvalue weighted by Crippen LogP contribution is 2.38. The number of rotatable bonds is 6. The van der Waals surface area contributed by atoms with Crippen LogP contribution in [0, 0.1) is 6.92 Å². The molecule has 154 valence electrons. The van der Waals surface area contributed by atoms with Crippen LogP contribution in [0.25, 0.3) is 6.08 Å². The number of benzene rings is 1. The molecule has 0 radical (unpaired) electrons. The molecule has 0 aliphatic carbocycles. The molecular weight excluding hydrogens is 369 g/mol. The average molecular weight is 397 g/mol. The molecule has 1 aliphatic rings. The maximum absolute atomic E-state index is 12.2. The van der Waals surface area contributed by atoms with Crippen molar-refractivity contribution in [2.75, 3.05) is 6.54 Å². The molecule has 0 bridgehead atoms. The molecule has 1 fully saturated rings.